The second-order valence-corrected chi connectivity index (χ2v) is 9.01. The molecule has 2 aromatic carbocycles. The molecule has 6 rings (SSSR count). The van der Waals surface area contributed by atoms with Crippen molar-refractivity contribution in [1.82, 2.24) is 29.5 Å². The zero-order chi connectivity index (χ0) is 26.9. The molecule has 6 aromatic rings. The molecular weight excluding hydrogens is 522 g/mol. The van der Waals surface area contributed by atoms with Gasteiger partial charge >= 0.3 is 0 Å². The summed E-state index contributed by atoms with van der Waals surface area (Å²) in [6.07, 6.45) is 3.08. The molecule has 39 heavy (non-hydrogen) atoms. The van der Waals surface area contributed by atoms with Crippen LogP contribution in [0, 0.1) is 0 Å². The van der Waals surface area contributed by atoms with Crippen molar-refractivity contribution in [3.8, 4) is 16.9 Å². The van der Waals surface area contributed by atoms with E-state index in [-0.39, 0.29) is 18.7 Å². The number of nitrogens with one attached hydrogen (secondary N) is 1. The molecule has 0 atom stereocenters. The summed E-state index contributed by atoms with van der Waals surface area (Å²) >= 11 is 6.06. The number of carbonyl (C=O) groups is 1. The number of aromatic nitrogens is 6. The fourth-order valence-electron chi connectivity index (χ4n) is 4.33. The molecule has 0 aliphatic rings. The summed E-state index contributed by atoms with van der Waals surface area (Å²) in [5, 5.41) is 14.6. The SMILES string of the molecule is COCc1nn2c(nnc3c(=O)n(NC(=O)COc4cccc5cccnc45)ccc32)c1-c1ccc(Cl)cc1. The first-order chi connectivity index (χ1) is 19.0. The molecule has 0 aliphatic heterocycles. The first kappa shape index (κ1) is 24.5. The number of rotatable bonds is 7. The lowest BCUT2D eigenvalue weighted by molar-refractivity contribution is -0.119. The number of benzene rings is 2. The predicted molar refractivity (Wildman–Crippen MR) is 145 cm³/mol. The zero-order valence-electron chi connectivity index (χ0n) is 20.5. The van der Waals surface area contributed by atoms with Gasteiger partial charge in [0.25, 0.3) is 11.5 Å². The summed E-state index contributed by atoms with van der Waals surface area (Å²) in [6.45, 7) is -0.100. The lowest BCUT2D eigenvalue weighted by Gasteiger charge is -2.11. The number of carbonyl (C=O) groups excluding carboxylic acids is 1. The van der Waals surface area contributed by atoms with Gasteiger partial charge in [0.1, 0.15) is 16.8 Å². The van der Waals surface area contributed by atoms with Crippen molar-refractivity contribution in [2.24, 2.45) is 0 Å². The molecule has 0 unspecified atom stereocenters. The molecule has 1 N–H and O–H groups in total. The number of hydrogen-bond donors (Lipinski definition) is 1. The van der Waals surface area contributed by atoms with Crippen LogP contribution in [0.2, 0.25) is 5.02 Å². The lowest BCUT2D eigenvalue weighted by Crippen LogP contribution is -2.35. The van der Waals surface area contributed by atoms with Gasteiger partial charge in [0, 0.05) is 29.9 Å². The van der Waals surface area contributed by atoms with E-state index < -0.39 is 11.5 Å². The molecule has 4 heterocycles. The minimum absolute atomic E-state index is 0.0265. The van der Waals surface area contributed by atoms with Crippen LogP contribution in [0.15, 0.2) is 77.9 Å². The average molecular weight is 542 g/mol. The maximum Gasteiger partial charge on any atom is 0.299 e. The summed E-state index contributed by atoms with van der Waals surface area (Å²) in [6, 6.07) is 18.0. The van der Waals surface area contributed by atoms with Gasteiger partial charge in [0.2, 0.25) is 0 Å². The third kappa shape index (κ3) is 4.54. The summed E-state index contributed by atoms with van der Waals surface area (Å²) in [4.78, 5) is 30.1. The average Bonchev–Trinajstić information content (AvgIpc) is 3.32. The third-order valence-corrected chi connectivity index (χ3v) is 6.32. The van der Waals surface area contributed by atoms with Crippen LogP contribution in [0.4, 0.5) is 0 Å². The van der Waals surface area contributed by atoms with Gasteiger partial charge in [0.15, 0.2) is 17.8 Å². The maximum absolute atomic E-state index is 13.2. The number of ether oxygens (including phenoxy) is 2. The van der Waals surface area contributed by atoms with Crippen molar-refractivity contribution in [1.29, 1.82) is 0 Å². The second kappa shape index (κ2) is 10.1. The lowest BCUT2D eigenvalue weighted by atomic mass is 10.1. The van der Waals surface area contributed by atoms with Gasteiger partial charge in [-0.1, -0.05) is 41.9 Å². The van der Waals surface area contributed by atoms with E-state index in [9.17, 15) is 9.59 Å². The summed E-state index contributed by atoms with van der Waals surface area (Å²) in [7, 11) is 1.57. The van der Waals surface area contributed by atoms with Crippen LogP contribution in [0.1, 0.15) is 5.69 Å². The summed E-state index contributed by atoms with van der Waals surface area (Å²) in [5.74, 6) is -0.0747. The Kier molecular flexibility index (Phi) is 6.35. The Bertz CT molecular complexity index is 1910. The highest BCUT2D eigenvalue weighted by molar-refractivity contribution is 6.30. The molecule has 0 radical (unpaired) electrons. The number of fused-ring (bicyclic) bond motifs is 4. The van der Waals surface area contributed by atoms with Crippen LogP contribution < -0.4 is 15.7 Å². The Hall–Kier alpha value is -4.87. The van der Waals surface area contributed by atoms with E-state index >= 15 is 0 Å². The minimum Gasteiger partial charge on any atom is -0.481 e. The van der Waals surface area contributed by atoms with E-state index in [1.54, 1.807) is 42.1 Å². The fraction of sp³-hybridized carbons (Fsp3) is 0.111. The highest BCUT2D eigenvalue weighted by Crippen LogP contribution is 2.30. The quantitative estimate of drug-likeness (QED) is 0.325. The number of amides is 1. The molecule has 0 saturated heterocycles. The molecule has 0 bridgehead atoms. The molecule has 0 spiro atoms. The maximum atomic E-state index is 13.2. The van der Waals surface area contributed by atoms with E-state index in [1.807, 2.05) is 36.4 Å². The van der Waals surface area contributed by atoms with Crippen molar-refractivity contribution < 1.29 is 14.3 Å². The zero-order valence-corrected chi connectivity index (χ0v) is 21.3. The van der Waals surface area contributed by atoms with Crippen LogP contribution >= 0.6 is 11.6 Å². The van der Waals surface area contributed by atoms with Crippen molar-refractivity contribution in [2.75, 3.05) is 19.1 Å². The number of halogens is 1. The van der Waals surface area contributed by atoms with E-state index in [4.69, 9.17) is 21.1 Å². The molecule has 1 amide bonds. The number of pyridine rings is 2. The number of hydrogen-bond acceptors (Lipinski definition) is 8. The summed E-state index contributed by atoms with van der Waals surface area (Å²) < 4.78 is 13.6. The Labute approximate surface area is 225 Å². The molecular formula is C27H20ClN7O4. The van der Waals surface area contributed by atoms with Crippen molar-refractivity contribution in [3.05, 3.63) is 94.1 Å². The topological polar surface area (TPSA) is 126 Å². The van der Waals surface area contributed by atoms with E-state index in [1.165, 1.54) is 6.20 Å². The number of nitrogens with zero attached hydrogens (tertiary/aromatic N) is 6. The third-order valence-electron chi connectivity index (χ3n) is 6.07. The number of methoxy groups -OCH3 is 1. The molecule has 4 aromatic heterocycles. The van der Waals surface area contributed by atoms with Crippen molar-refractivity contribution in [2.45, 2.75) is 6.61 Å². The minimum atomic E-state index is -0.570. The van der Waals surface area contributed by atoms with Crippen LogP contribution in [-0.2, 0) is 16.1 Å². The van der Waals surface area contributed by atoms with E-state index in [0.29, 0.717) is 33.1 Å². The Balaban J connectivity index is 1.30. The molecule has 12 heteroatoms. The monoisotopic (exact) mass is 541 g/mol. The highest BCUT2D eigenvalue weighted by Gasteiger charge is 2.20. The van der Waals surface area contributed by atoms with Crippen LogP contribution in [0.25, 0.3) is 38.7 Å². The normalized spacial score (nSPS) is 11.3. The smallest absolute Gasteiger partial charge is 0.299 e. The van der Waals surface area contributed by atoms with Gasteiger partial charge < -0.3 is 9.47 Å². The summed E-state index contributed by atoms with van der Waals surface area (Å²) in [5.41, 5.74) is 5.68. The fourth-order valence-corrected chi connectivity index (χ4v) is 4.46. The van der Waals surface area contributed by atoms with E-state index in [2.05, 4.69) is 25.7 Å². The number of para-hydroxylation sites is 1. The Morgan fingerprint density at radius 1 is 1.03 bits per heavy atom. The molecule has 0 saturated carbocycles. The highest BCUT2D eigenvalue weighted by atomic mass is 35.5. The first-order valence-corrected chi connectivity index (χ1v) is 12.2. The molecule has 0 aliphatic carbocycles. The van der Waals surface area contributed by atoms with Crippen molar-refractivity contribution in [3.63, 3.8) is 0 Å². The Morgan fingerprint density at radius 2 is 1.85 bits per heavy atom. The largest absolute Gasteiger partial charge is 0.481 e. The van der Waals surface area contributed by atoms with Gasteiger partial charge in [-0.15, -0.1) is 10.2 Å². The standard InChI is InChI=1S/C27H20ClN7O4/c1-38-14-19-23(16-7-9-18(28)10-8-16)26-31-30-25-20(35(26)32-19)11-13-34(27(25)37)33-22(36)15-39-21-6-2-4-17-5-3-12-29-24(17)21/h2-13H,14-15H2,1H3,(H,33,36). The van der Waals surface area contributed by atoms with Crippen LogP contribution in [0.5, 0.6) is 5.75 Å². The molecule has 11 nitrogen and oxygen atoms in total. The first-order valence-electron chi connectivity index (χ1n) is 11.8. The van der Waals surface area contributed by atoms with Gasteiger partial charge in [-0.2, -0.15) is 5.10 Å². The van der Waals surface area contributed by atoms with Gasteiger partial charge in [-0.05, 0) is 35.9 Å². The van der Waals surface area contributed by atoms with Crippen LogP contribution in [0.3, 0.4) is 0 Å². The van der Waals surface area contributed by atoms with Crippen molar-refractivity contribution >= 4 is 45.1 Å². The van der Waals surface area contributed by atoms with Gasteiger partial charge in [0.05, 0.1) is 17.9 Å². The Morgan fingerprint density at radius 3 is 2.67 bits per heavy atom. The van der Waals surface area contributed by atoms with Gasteiger partial charge in [-0.3, -0.25) is 20.0 Å². The van der Waals surface area contributed by atoms with Gasteiger partial charge in [-0.25, -0.2) is 9.19 Å². The van der Waals surface area contributed by atoms with E-state index in [0.717, 1.165) is 21.2 Å². The van der Waals surface area contributed by atoms with Crippen LogP contribution in [-0.4, -0.2) is 49.1 Å². The second-order valence-electron chi connectivity index (χ2n) is 8.58. The molecule has 194 valence electrons. The molecule has 0 fully saturated rings. The predicted octanol–water partition coefficient (Wildman–Crippen LogP) is 3.60.